The van der Waals surface area contributed by atoms with E-state index in [9.17, 15) is 14.0 Å². The number of anilines is 3. The fourth-order valence-electron chi connectivity index (χ4n) is 3.44. The van der Waals surface area contributed by atoms with Crippen LogP contribution in [-0.2, 0) is 11.3 Å². The average molecular weight is 407 g/mol. The molecule has 1 amide bonds. The number of aromatic nitrogens is 2. The molecule has 0 atom stereocenters. The summed E-state index contributed by atoms with van der Waals surface area (Å²) in [5.74, 6) is -0.405. The zero-order valence-electron chi connectivity index (χ0n) is 16.4. The van der Waals surface area contributed by atoms with Gasteiger partial charge in [-0.25, -0.2) is 9.07 Å². The summed E-state index contributed by atoms with van der Waals surface area (Å²) >= 11 is 0. The average Bonchev–Trinajstić information content (AvgIpc) is 2.78. The van der Waals surface area contributed by atoms with Gasteiger partial charge < -0.3 is 15.1 Å². The second kappa shape index (κ2) is 8.77. The number of hydrogen-bond donors (Lipinski definition) is 1. The Bertz CT molecular complexity index is 1080. The standard InChI is InChI=1S/C22H22FN5O2/c23-18-8-4-5-9-19(18)24-21(29)16-28-22(30)11-10-20(25-28)27-14-12-26(13-15-27)17-6-2-1-3-7-17/h1-11H,12-16H2,(H,24,29). The Kier molecular flexibility index (Phi) is 5.74. The van der Waals surface area contributed by atoms with Crippen molar-refractivity contribution in [2.45, 2.75) is 6.54 Å². The third-order valence-electron chi connectivity index (χ3n) is 5.02. The largest absolute Gasteiger partial charge is 0.368 e. The lowest BCUT2D eigenvalue weighted by Crippen LogP contribution is -2.47. The Morgan fingerprint density at radius 1 is 0.900 bits per heavy atom. The predicted octanol–water partition coefficient (Wildman–Crippen LogP) is 2.35. The van der Waals surface area contributed by atoms with Crippen molar-refractivity contribution in [1.29, 1.82) is 0 Å². The molecule has 0 spiro atoms. The maximum atomic E-state index is 13.7. The number of benzene rings is 2. The van der Waals surface area contributed by atoms with Crippen molar-refractivity contribution in [2.75, 3.05) is 41.3 Å². The van der Waals surface area contributed by atoms with E-state index in [0.29, 0.717) is 5.82 Å². The molecule has 0 aliphatic carbocycles. The van der Waals surface area contributed by atoms with Gasteiger partial charge in [0.15, 0.2) is 0 Å². The van der Waals surface area contributed by atoms with Gasteiger partial charge in [0.05, 0.1) is 5.69 Å². The Morgan fingerprint density at radius 3 is 2.30 bits per heavy atom. The van der Waals surface area contributed by atoms with Crippen molar-refractivity contribution in [3.8, 4) is 0 Å². The lowest BCUT2D eigenvalue weighted by Gasteiger charge is -2.36. The van der Waals surface area contributed by atoms with Crippen LogP contribution in [0.2, 0.25) is 0 Å². The molecule has 3 aromatic rings. The number of rotatable bonds is 5. The van der Waals surface area contributed by atoms with Crippen LogP contribution < -0.4 is 20.7 Å². The normalized spacial score (nSPS) is 13.9. The number of halogens is 1. The fraction of sp³-hybridized carbons (Fsp3) is 0.227. The van der Waals surface area contributed by atoms with Gasteiger partial charge in [0.1, 0.15) is 18.2 Å². The van der Waals surface area contributed by atoms with Crippen molar-refractivity contribution in [2.24, 2.45) is 0 Å². The molecule has 7 nitrogen and oxygen atoms in total. The van der Waals surface area contributed by atoms with Crippen molar-refractivity contribution in [3.63, 3.8) is 0 Å². The molecule has 154 valence electrons. The minimum Gasteiger partial charge on any atom is -0.368 e. The lowest BCUT2D eigenvalue weighted by molar-refractivity contribution is -0.117. The summed E-state index contributed by atoms with van der Waals surface area (Å²) in [6.07, 6.45) is 0. The van der Waals surface area contributed by atoms with Crippen molar-refractivity contribution < 1.29 is 9.18 Å². The van der Waals surface area contributed by atoms with Gasteiger partial charge in [0.2, 0.25) is 5.91 Å². The number of carbonyl (C=O) groups excluding carboxylic acids is 1. The molecule has 0 radical (unpaired) electrons. The van der Waals surface area contributed by atoms with Crippen LogP contribution >= 0.6 is 0 Å². The predicted molar refractivity (Wildman–Crippen MR) is 114 cm³/mol. The molecule has 2 aromatic carbocycles. The number of carbonyl (C=O) groups is 1. The summed E-state index contributed by atoms with van der Waals surface area (Å²) in [5.41, 5.74) is 0.869. The molecule has 1 aliphatic rings. The van der Waals surface area contributed by atoms with Crippen LogP contribution in [0.3, 0.4) is 0 Å². The topological polar surface area (TPSA) is 70.5 Å². The number of amides is 1. The van der Waals surface area contributed by atoms with E-state index in [0.717, 1.165) is 30.9 Å². The summed E-state index contributed by atoms with van der Waals surface area (Å²) in [4.78, 5) is 28.8. The number of nitrogens with one attached hydrogen (secondary N) is 1. The van der Waals surface area contributed by atoms with Crippen molar-refractivity contribution >= 4 is 23.1 Å². The summed E-state index contributed by atoms with van der Waals surface area (Å²) in [6, 6.07) is 19.2. The Morgan fingerprint density at radius 2 is 1.57 bits per heavy atom. The molecular weight excluding hydrogens is 385 g/mol. The Hall–Kier alpha value is -3.68. The lowest BCUT2D eigenvalue weighted by atomic mass is 10.2. The van der Waals surface area contributed by atoms with Gasteiger partial charge >= 0.3 is 0 Å². The first-order valence-corrected chi connectivity index (χ1v) is 9.78. The zero-order valence-corrected chi connectivity index (χ0v) is 16.4. The first-order chi connectivity index (χ1) is 14.6. The fourth-order valence-corrected chi connectivity index (χ4v) is 3.44. The minimum absolute atomic E-state index is 0.0729. The summed E-state index contributed by atoms with van der Waals surface area (Å²) in [5, 5.41) is 6.83. The highest BCUT2D eigenvalue weighted by atomic mass is 19.1. The van der Waals surface area contributed by atoms with E-state index < -0.39 is 11.7 Å². The van der Waals surface area contributed by atoms with Gasteiger partial charge in [-0.1, -0.05) is 30.3 Å². The first-order valence-electron chi connectivity index (χ1n) is 9.78. The van der Waals surface area contributed by atoms with E-state index in [2.05, 4.69) is 32.3 Å². The monoisotopic (exact) mass is 407 g/mol. The van der Waals surface area contributed by atoms with Gasteiger partial charge in [-0.2, -0.15) is 5.10 Å². The smallest absolute Gasteiger partial charge is 0.267 e. The molecule has 1 fully saturated rings. The molecule has 1 N–H and O–H groups in total. The van der Waals surface area contributed by atoms with Crippen LogP contribution in [0.15, 0.2) is 71.5 Å². The molecule has 0 bridgehead atoms. The molecule has 1 aromatic heterocycles. The van der Waals surface area contributed by atoms with E-state index in [1.54, 1.807) is 12.1 Å². The highest BCUT2D eigenvalue weighted by molar-refractivity contribution is 5.90. The van der Waals surface area contributed by atoms with Gasteiger partial charge in [0.25, 0.3) is 5.56 Å². The number of piperazine rings is 1. The number of nitrogens with zero attached hydrogens (tertiary/aromatic N) is 4. The Balaban J connectivity index is 1.42. The molecule has 2 heterocycles. The molecule has 0 unspecified atom stereocenters. The van der Waals surface area contributed by atoms with Crippen LogP contribution in [-0.4, -0.2) is 41.9 Å². The van der Waals surface area contributed by atoms with E-state index in [1.807, 2.05) is 18.2 Å². The van der Waals surface area contributed by atoms with Gasteiger partial charge in [-0.15, -0.1) is 0 Å². The van der Waals surface area contributed by atoms with Crippen LogP contribution in [0.5, 0.6) is 0 Å². The maximum absolute atomic E-state index is 13.7. The first kappa shape index (κ1) is 19.6. The molecule has 1 saturated heterocycles. The molecule has 0 saturated carbocycles. The molecule has 4 rings (SSSR count). The molecule has 8 heteroatoms. The van der Waals surface area contributed by atoms with Crippen LogP contribution in [0, 0.1) is 5.82 Å². The quantitative estimate of drug-likeness (QED) is 0.703. The molecular formula is C22H22FN5O2. The van der Waals surface area contributed by atoms with Crippen molar-refractivity contribution in [1.82, 2.24) is 9.78 Å². The molecule has 30 heavy (non-hydrogen) atoms. The highest BCUT2D eigenvalue weighted by Crippen LogP contribution is 2.18. The van der Waals surface area contributed by atoms with Crippen LogP contribution in [0.4, 0.5) is 21.6 Å². The third-order valence-corrected chi connectivity index (χ3v) is 5.02. The van der Waals surface area contributed by atoms with E-state index >= 15 is 0 Å². The van der Waals surface area contributed by atoms with E-state index in [1.165, 1.54) is 30.0 Å². The SMILES string of the molecule is O=C(Cn1nc(N2CCN(c3ccccc3)CC2)ccc1=O)Nc1ccccc1F. The van der Waals surface area contributed by atoms with Gasteiger partial charge in [0, 0.05) is 37.9 Å². The van der Waals surface area contributed by atoms with Crippen LogP contribution in [0.1, 0.15) is 0 Å². The summed E-state index contributed by atoms with van der Waals surface area (Å²) < 4.78 is 14.8. The van der Waals surface area contributed by atoms with E-state index in [-0.39, 0.29) is 17.8 Å². The number of para-hydroxylation sites is 2. The third kappa shape index (κ3) is 4.48. The minimum atomic E-state index is -0.531. The summed E-state index contributed by atoms with van der Waals surface area (Å²) in [7, 11) is 0. The second-order valence-corrected chi connectivity index (χ2v) is 7.03. The molecule has 1 aliphatic heterocycles. The second-order valence-electron chi connectivity index (χ2n) is 7.03. The maximum Gasteiger partial charge on any atom is 0.267 e. The zero-order chi connectivity index (χ0) is 20.9. The van der Waals surface area contributed by atoms with E-state index in [4.69, 9.17) is 0 Å². The van der Waals surface area contributed by atoms with Gasteiger partial charge in [-0.05, 0) is 30.3 Å². The highest BCUT2D eigenvalue weighted by Gasteiger charge is 2.19. The van der Waals surface area contributed by atoms with Crippen LogP contribution in [0.25, 0.3) is 0 Å². The van der Waals surface area contributed by atoms with Gasteiger partial charge in [-0.3, -0.25) is 9.59 Å². The number of hydrogen-bond acceptors (Lipinski definition) is 5. The summed E-state index contributed by atoms with van der Waals surface area (Å²) in [6.45, 7) is 2.88. The Labute approximate surface area is 173 Å². The van der Waals surface area contributed by atoms with Crippen molar-refractivity contribution in [3.05, 3.63) is 82.9 Å².